The van der Waals surface area contributed by atoms with E-state index in [-0.39, 0.29) is 12.4 Å². The molecule has 0 N–H and O–H groups in total. The Labute approximate surface area is 137 Å². The summed E-state index contributed by atoms with van der Waals surface area (Å²) in [7, 11) is 1.53. The van der Waals surface area contributed by atoms with E-state index in [1.54, 1.807) is 36.4 Å². The molecule has 1 aromatic heterocycles. The maximum absolute atomic E-state index is 12.9. The van der Waals surface area contributed by atoms with Gasteiger partial charge in [-0.05, 0) is 29.8 Å². The summed E-state index contributed by atoms with van der Waals surface area (Å²) in [6.07, 6.45) is 3.06. The Bertz CT molecular complexity index is 975. The first-order valence-electron chi connectivity index (χ1n) is 7.29. The highest BCUT2D eigenvalue weighted by atomic mass is 19.1. The summed E-state index contributed by atoms with van der Waals surface area (Å²) in [6, 6.07) is 12.7. The maximum atomic E-state index is 12.9. The molecule has 5 nitrogen and oxygen atoms in total. The van der Waals surface area contributed by atoms with Crippen LogP contribution in [-0.4, -0.2) is 16.2 Å². The van der Waals surface area contributed by atoms with E-state index in [1.165, 1.54) is 40.8 Å². The minimum atomic E-state index is -0.659. The lowest BCUT2D eigenvalue weighted by molar-refractivity contribution is 0.414. The van der Waals surface area contributed by atoms with Gasteiger partial charge in [-0.3, -0.25) is 14.2 Å². The van der Waals surface area contributed by atoms with E-state index < -0.39 is 11.1 Å². The second-order valence-electron chi connectivity index (χ2n) is 5.23. The molecule has 1 heterocycles. The van der Waals surface area contributed by atoms with Gasteiger partial charge in [-0.1, -0.05) is 18.2 Å². The van der Waals surface area contributed by atoms with Crippen molar-refractivity contribution in [3.63, 3.8) is 0 Å². The number of hydrogen-bond acceptors (Lipinski definition) is 3. The number of aromatic nitrogens is 2. The zero-order chi connectivity index (χ0) is 17.1. The van der Waals surface area contributed by atoms with Crippen LogP contribution in [0, 0.1) is 5.82 Å². The fourth-order valence-electron chi connectivity index (χ4n) is 2.38. The van der Waals surface area contributed by atoms with Crippen LogP contribution >= 0.6 is 0 Å². The predicted molar refractivity (Wildman–Crippen MR) is 88.4 cm³/mol. The van der Waals surface area contributed by atoms with Gasteiger partial charge in [0.2, 0.25) is 0 Å². The van der Waals surface area contributed by atoms with Gasteiger partial charge in [-0.2, -0.15) is 0 Å². The van der Waals surface area contributed by atoms with Crippen LogP contribution in [0.3, 0.4) is 0 Å². The van der Waals surface area contributed by atoms with Crippen molar-refractivity contribution in [3.05, 3.63) is 93.0 Å². The molecule has 122 valence electrons. The van der Waals surface area contributed by atoms with Gasteiger partial charge < -0.3 is 9.30 Å². The second-order valence-corrected chi connectivity index (χ2v) is 5.23. The first kappa shape index (κ1) is 15.7. The molecule has 0 spiro atoms. The molecule has 0 fully saturated rings. The van der Waals surface area contributed by atoms with Crippen LogP contribution in [0.4, 0.5) is 4.39 Å². The minimum Gasteiger partial charge on any atom is -0.497 e. The number of ether oxygens (including phenoxy) is 1. The first-order valence-corrected chi connectivity index (χ1v) is 7.29. The molecule has 0 aliphatic carbocycles. The van der Waals surface area contributed by atoms with Crippen LogP contribution < -0.4 is 15.9 Å². The van der Waals surface area contributed by atoms with Gasteiger partial charge in [-0.15, -0.1) is 0 Å². The van der Waals surface area contributed by atoms with E-state index in [4.69, 9.17) is 4.74 Å². The smallest absolute Gasteiger partial charge is 0.320 e. The number of benzene rings is 2. The quantitative estimate of drug-likeness (QED) is 0.691. The van der Waals surface area contributed by atoms with Gasteiger partial charge in [0.1, 0.15) is 11.6 Å². The molecule has 0 saturated carbocycles. The fraction of sp³-hybridized carbons (Fsp3) is 0.111. The lowest BCUT2D eigenvalue weighted by Gasteiger charge is -2.10. The van der Waals surface area contributed by atoms with Gasteiger partial charge in [0.25, 0.3) is 0 Å². The predicted octanol–water partition coefficient (Wildman–Crippen LogP) is 2.20. The first-order chi connectivity index (χ1) is 11.6. The van der Waals surface area contributed by atoms with Crippen molar-refractivity contribution < 1.29 is 9.13 Å². The lowest BCUT2D eigenvalue weighted by Crippen LogP contribution is -2.40. The summed E-state index contributed by atoms with van der Waals surface area (Å²) in [5.41, 5.74) is -0.0278. The van der Waals surface area contributed by atoms with Crippen molar-refractivity contribution in [3.8, 4) is 11.4 Å². The van der Waals surface area contributed by atoms with Crippen molar-refractivity contribution in [2.45, 2.75) is 6.54 Å². The standard InChI is InChI=1S/C18H15FN2O3/c1-24-16-4-2-3-15(11-16)21-10-9-20(17(22)18(21)23)12-13-5-7-14(19)8-6-13/h2-11H,12H2,1H3. The summed E-state index contributed by atoms with van der Waals surface area (Å²) in [5.74, 6) is 0.245. The molecule has 0 aliphatic heterocycles. The summed E-state index contributed by atoms with van der Waals surface area (Å²) >= 11 is 0. The van der Waals surface area contributed by atoms with E-state index >= 15 is 0 Å². The SMILES string of the molecule is COc1cccc(-n2ccn(Cc3ccc(F)cc3)c(=O)c2=O)c1. The minimum absolute atomic E-state index is 0.202. The average molecular weight is 326 g/mol. The van der Waals surface area contributed by atoms with Crippen LogP contribution in [0.5, 0.6) is 5.75 Å². The van der Waals surface area contributed by atoms with Crippen molar-refractivity contribution in [2.24, 2.45) is 0 Å². The summed E-state index contributed by atoms with van der Waals surface area (Å²) in [5, 5.41) is 0. The van der Waals surface area contributed by atoms with Gasteiger partial charge in [0.05, 0.1) is 19.3 Å². The van der Waals surface area contributed by atoms with E-state index in [0.29, 0.717) is 11.4 Å². The third kappa shape index (κ3) is 3.12. The van der Waals surface area contributed by atoms with E-state index in [2.05, 4.69) is 0 Å². The van der Waals surface area contributed by atoms with E-state index in [1.807, 2.05) is 0 Å². The van der Waals surface area contributed by atoms with Crippen molar-refractivity contribution in [1.82, 2.24) is 9.13 Å². The normalized spacial score (nSPS) is 10.6. The number of nitrogens with zero attached hydrogens (tertiary/aromatic N) is 2. The number of methoxy groups -OCH3 is 1. The Hall–Kier alpha value is -3.15. The third-order valence-electron chi connectivity index (χ3n) is 3.66. The topological polar surface area (TPSA) is 53.2 Å². The van der Waals surface area contributed by atoms with Crippen LogP contribution in [0.2, 0.25) is 0 Å². The van der Waals surface area contributed by atoms with Gasteiger partial charge >= 0.3 is 11.1 Å². The van der Waals surface area contributed by atoms with Crippen LogP contribution in [-0.2, 0) is 6.54 Å². The highest BCUT2D eigenvalue weighted by Crippen LogP contribution is 2.14. The largest absolute Gasteiger partial charge is 0.497 e. The molecule has 24 heavy (non-hydrogen) atoms. The molecule has 3 aromatic rings. The Kier molecular flexibility index (Phi) is 4.29. The van der Waals surface area contributed by atoms with Crippen molar-refractivity contribution in [2.75, 3.05) is 7.11 Å². The highest BCUT2D eigenvalue weighted by Gasteiger charge is 2.08. The van der Waals surface area contributed by atoms with Gasteiger partial charge in [0, 0.05) is 18.5 Å². The van der Waals surface area contributed by atoms with Crippen molar-refractivity contribution in [1.29, 1.82) is 0 Å². The molecule has 0 saturated heterocycles. The molecule has 0 unspecified atom stereocenters. The third-order valence-corrected chi connectivity index (χ3v) is 3.66. The molecule has 0 amide bonds. The highest BCUT2D eigenvalue weighted by molar-refractivity contribution is 5.39. The van der Waals surface area contributed by atoms with Crippen LogP contribution in [0.15, 0.2) is 70.5 Å². The summed E-state index contributed by atoms with van der Waals surface area (Å²) in [4.78, 5) is 24.7. The van der Waals surface area contributed by atoms with Gasteiger partial charge in [0.15, 0.2) is 0 Å². The lowest BCUT2D eigenvalue weighted by atomic mass is 10.2. The molecule has 0 aliphatic rings. The number of rotatable bonds is 4. The Morgan fingerprint density at radius 1 is 1.00 bits per heavy atom. The average Bonchev–Trinajstić information content (AvgIpc) is 2.61. The summed E-state index contributed by atoms with van der Waals surface area (Å²) in [6.45, 7) is 0.202. The monoisotopic (exact) mass is 326 g/mol. The zero-order valence-corrected chi connectivity index (χ0v) is 13.0. The molecular formula is C18H15FN2O3. The molecule has 0 bridgehead atoms. The Balaban J connectivity index is 1.98. The maximum Gasteiger partial charge on any atom is 0.320 e. The number of hydrogen-bond donors (Lipinski definition) is 0. The fourth-order valence-corrected chi connectivity index (χ4v) is 2.38. The van der Waals surface area contributed by atoms with Crippen LogP contribution in [0.1, 0.15) is 5.56 Å². The second kappa shape index (κ2) is 6.54. The Morgan fingerprint density at radius 3 is 2.46 bits per heavy atom. The molecule has 0 atom stereocenters. The molecule has 0 radical (unpaired) electrons. The van der Waals surface area contributed by atoms with Crippen molar-refractivity contribution >= 4 is 0 Å². The van der Waals surface area contributed by atoms with Crippen LogP contribution in [0.25, 0.3) is 5.69 Å². The summed E-state index contributed by atoms with van der Waals surface area (Å²) < 4.78 is 20.6. The van der Waals surface area contributed by atoms with E-state index in [9.17, 15) is 14.0 Å². The molecule has 6 heteroatoms. The zero-order valence-electron chi connectivity index (χ0n) is 13.0. The van der Waals surface area contributed by atoms with Gasteiger partial charge in [-0.25, -0.2) is 4.39 Å². The van der Waals surface area contributed by atoms with E-state index in [0.717, 1.165) is 5.56 Å². The molecule has 3 rings (SSSR count). The number of halogens is 1. The molecular weight excluding hydrogens is 311 g/mol. The Morgan fingerprint density at radius 2 is 1.75 bits per heavy atom. The molecule has 2 aromatic carbocycles.